The van der Waals surface area contributed by atoms with Crippen LogP contribution in [0.5, 0.6) is 0 Å². The maximum Gasteiger partial charge on any atom is 0.0546 e. The van der Waals surface area contributed by atoms with Crippen molar-refractivity contribution in [2.45, 2.75) is 56.7 Å². The van der Waals surface area contributed by atoms with Crippen molar-refractivity contribution in [3.8, 4) is 0 Å². The van der Waals surface area contributed by atoms with Crippen LogP contribution in [-0.2, 0) is 4.74 Å². The molecule has 1 aliphatic carbocycles. The number of ether oxygens (including phenoxy) is 1. The largest absolute Gasteiger partial charge is 0.393 e. The zero-order chi connectivity index (χ0) is 13.1. The van der Waals surface area contributed by atoms with E-state index in [0.29, 0.717) is 18.0 Å². The number of nitrogens with one attached hydrogen (secondary N) is 2. The Balaban J connectivity index is 1.58. The zero-order valence-corrected chi connectivity index (χ0v) is 11.8. The summed E-state index contributed by atoms with van der Waals surface area (Å²) in [6, 6.07) is 1.25. The van der Waals surface area contributed by atoms with Gasteiger partial charge in [-0.15, -0.1) is 0 Å². The van der Waals surface area contributed by atoms with Crippen molar-refractivity contribution in [3.63, 3.8) is 0 Å². The van der Waals surface area contributed by atoms with Gasteiger partial charge >= 0.3 is 0 Å². The minimum atomic E-state index is -0.0364. The van der Waals surface area contributed by atoms with E-state index in [1.165, 1.54) is 12.8 Å². The molecule has 0 amide bonds. The minimum Gasteiger partial charge on any atom is -0.393 e. The molecule has 3 aliphatic rings. The van der Waals surface area contributed by atoms with Crippen LogP contribution in [0.15, 0.2) is 0 Å². The van der Waals surface area contributed by atoms with Crippen molar-refractivity contribution >= 4 is 0 Å². The normalized spacial score (nSPS) is 35.8. The molecule has 0 aromatic rings. The Labute approximate surface area is 116 Å². The van der Waals surface area contributed by atoms with E-state index in [1.807, 2.05) is 0 Å². The van der Waals surface area contributed by atoms with E-state index in [9.17, 15) is 5.11 Å². The van der Waals surface area contributed by atoms with E-state index >= 15 is 0 Å². The van der Waals surface area contributed by atoms with Crippen molar-refractivity contribution in [2.24, 2.45) is 11.8 Å². The lowest BCUT2D eigenvalue weighted by atomic mass is 9.70. The summed E-state index contributed by atoms with van der Waals surface area (Å²) >= 11 is 0. The Morgan fingerprint density at radius 3 is 2.32 bits per heavy atom. The molecule has 2 aliphatic heterocycles. The fourth-order valence-corrected chi connectivity index (χ4v) is 3.92. The standard InChI is InChI=1S/C15H28N2O2/c18-14-9-12(10-14)15(11-1-5-16-6-2-11)17-13-3-7-19-8-4-13/h11-18H,1-10H2/t12?,14?,15-/m1/s1. The first-order chi connectivity index (χ1) is 9.33. The van der Waals surface area contributed by atoms with Crippen LogP contribution in [0.25, 0.3) is 0 Å². The summed E-state index contributed by atoms with van der Waals surface area (Å²) < 4.78 is 5.45. The number of aliphatic hydroxyl groups excluding tert-OH is 1. The van der Waals surface area contributed by atoms with Gasteiger partial charge in [-0.1, -0.05) is 0 Å². The zero-order valence-electron chi connectivity index (χ0n) is 11.8. The lowest BCUT2D eigenvalue weighted by Crippen LogP contribution is -2.54. The molecule has 3 fully saturated rings. The second-order valence-corrected chi connectivity index (χ2v) is 6.55. The predicted octanol–water partition coefficient (Wildman–Crippen LogP) is 0.894. The fraction of sp³-hybridized carbons (Fsp3) is 1.00. The van der Waals surface area contributed by atoms with Gasteiger partial charge in [0.1, 0.15) is 0 Å². The van der Waals surface area contributed by atoms with Gasteiger partial charge in [0, 0.05) is 25.3 Å². The summed E-state index contributed by atoms with van der Waals surface area (Å²) in [5, 5.41) is 17.0. The molecule has 2 heterocycles. The third-order valence-corrected chi connectivity index (χ3v) is 5.20. The molecule has 0 spiro atoms. The van der Waals surface area contributed by atoms with Crippen molar-refractivity contribution in [1.82, 2.24) is 10.6 Å². The number of piperidine rings is 1. The van der Waals surface area contributed by atoms with Crippen LogP contribution < -0.4 is 10.6 Å². The summed E-state index contributed by atoms with van der Waals surface area (Å²) in [4.78, 5) is 0. The highest BCUT2D eigenvalue weighted by atomic mass is 16.5. The summed E-state index contributed by atoms with van der Waals surface area (Å²) in [7, 11) is 0. The Kier molecular flexibility index (Phi) is 4.74. The lowest BCUT2D eigenvalue weighted by Gasteiger charge is -2.45. The molecule has 0 unspecified atom stereocenters. The highest BCUT2D eigenvalue weighted by Crippen LogP contribution is 2.36. The lowest BCUT2D eigenvalue weighted by molar-refractivity contribution is -0.00108. The molecular weight excluding hydrogens is 240 g/mol. The third-order valence-electron chi connectivity index (χ3n) is 5.20. The van der Waals surface area contributed by atoms with E-state index in [2.05, 4.69) is 10.6 Å². The minimum absolute atomic E-state index is 0.0364. The van der Waals surface area contributed by atoms with Crippen molar-refractivity contribution < 1.29 is 9.84 Å². The predicted molar refractivity (Wildman–Crippen MR) is 75.1 cm³/mol. The molecule has 110 valence electrons. The van der Waals surface area contributed by atoms with Gasteiger partial charge in [0.2, 0.25) is 0 Å². The van der Waals surface area contributed by atoms with E-state index < -0.39 is 0 Å². The quantitative estimate of drug-likeness (QED) is 0.709. The number of rotatable bonds is 4. The average Bonchev–Trinajstić information content (AvgIpc) is 2.44. The molecular formula is C15H28N2O2. The second kappa shape index (κ2) is 6.53. The molecule has 0 radical (unpaired) electrons. The molecule has 0 aromatic carbocycles. The van der Waals surface area contributed by atoms with Crippen LogP contribution in [0, 0.1) is 11.8 Å². The van der Waals surface area contributed by atoms with Gasteiger partial charge in [-0.2, -0.15) is 0 Å². The first-order valence-corrected chi connectivity index (χ1v) is 8.05. The van der Waals surface area contributed by atoms with Crippen LogP contribution in [0.3, 0.4) is 0 Å². The molecule has 1 saturated carbocycles. The monoisotopic (exact) mass is 268 g/mol. The van der Waals surface area contributed by atoms with Gasteiger partial charge in [0.25, 0.3) is 0 Å². The van der Waals surface area contributed by atoms with Crippen molar-refractivity contribution in [3.05, 3.63) is 0 Å². The van der Waals surface area contributed by atoms with Gasteiger partial charge in [-0.25, -0.2) is 0 Å². The fourth-order valence-electron chi connectivity index (χ4n) is 3.92. The summed E-state index contributed by atoms with van der Waals surface area (Å²) in [6.45, 7) is 4.13. The second-order valence-electron chi connectivity index (χ2n) is 6.55. The maximum absolute atomic E-state index is 9.61. The SMILES string of the molecule is OC1CC([C@H](NC2CCOCC2)C2CCNCC2)C1. The number of hydrogen-bond donors (Lipinski definition) is 3. The molecule has 3 rings (SSSR count). The van der Waals surface area contributed by atoms with Crippen LogP contribution in [0.4, 0.5) is 0 Å². The summed E-state index contributed by atoms with van der Waals surface area (Å²) in [5.74, 6) is 1.49. The van der Waals surface area contributed by atoms with E-state index in [4.69, 9.17) is 4.74 Å². The molecule has 19 heavy (non-hydrogen) atoms. The molecule has 0 aromatic heterocycles. The average molecular weight is 268 g/mol. The Morgan fingerprint density at radius 2 is 1.68 bits per heavy atom. The van der Waals surface area contributed by atoms with Crippen LogP contribution in [0.1, 0.15) is 38.5 Å². The van der Waals surface area contributed by atoms with Gasteiger partial charge < -0.3 is 20.5 Å². The van der Waals surface area contributed by atoms with Gasteiger partial charge in [0.05, 0.1) is 6.10 Å². The van der Waals surface area contributed by atoms with Gasteiger partial charge in [-0.05, 0) is 63.5 Å². The van der Waals surface area contributed by atoms with Crippen molar-refractivity contribution in [2.75, 3.05) is 26.3 Å². The number of hydrogen-bond acceptors (Lipinski definition) is 4. The van der Waals surface area contributed by atoms with E-state index in [-0.39, 0.29) is 6.10 Å². The van der Waals surface area contributed by atoms with E-state index in [1.54, 1.807) is 0 Å². The smallest absolute Gasteiger partial charge is 0.0546 e. The van der Waals surface area contributed by atoms with Crippen LogP contribution in [-0.4, -0.2) is 49.6 Å². The Bertz CT molecular complexity index is 269. The van der Waals surface area contributed by atoms with E-state index in [0.717, 1.165) is 57.9 Å². The molecule has 3 N–H and O–H groups in total. The molecule has 4 heteroatoms. The summed E-state index contributed by atoms with van der Waals surface area (Å²) in [6.07, 6.45) is 6.84. The number of aliphatic hydroxyl groups is 1. The molecule has 1 atom stereocenters. The van der Waals surface area contributed by atoms with Gasteiger partial charge in [0.15, 0.2) is 0 Å². The molecule has 4 nitrogen and oxygen atoms in total. The highest BCUT2D eigenvalue weighted by Gasteiger charge is 2.39. The highest BCUT2D eigenvalue weighted by molar-refractivity contribution is 4.94. The van der Waals surface area contributed by atoms with Crippen LogP contribution in [0.2, 0.25) is 0 Å². The van der Waals surface area contributed by atoms with Gasteiger partial charge in [-0.3, -0.25) is 0 Å². The maximum atomic E-state index is 9.61. The third kappa shape index (κ3) is 3.48. The Hall–Kier alpha value is -0.160. The summed E-state index contributed by atoms with van der Waals surface area (Å²) in [5.41, 5.74) is 0. The van der Waals surface area contributed by atoms with Crippen molar-refractivity contribution in [1.29, 1.82) is 0 Å². The molecule has 2 saturated heterocycles. The first-order valence-electron chi connectivity index (χ1n) is 8.05. The Morgan fingerprint density at radius 1 is 1.00 bits per heavy atom. The topological polar surface area (TPSA) is 53.5 Å². The molecule has 0 bridgehead atoms. The first kappa shape index (κ1) is 13.8. The van der Waals surface area contributed by atoms with Crippen LogP contribution >= 0.6 is 0 Å².